The quantitative estimate of drug-likeness (QED) is 0.744. The summed E-state index contributed by atoms with van der Waals surface area (Å²) in [6, 6.07) is 0. The van der Waals surface area contributed by atoms with Crippen molar-refractivity contribution < 1.29 is 18.0 Å². The fourth-order valence-electron chi connectivity index (χ4n) is 2.73. The molecule has 6 heteroatoms. The Morgan fingerprint density at radius 3 is 2.68 bits per heavy atom. The van der Waals surface area contributed by atoms with E-state index in [4.69, 9.17) is 0 Å². The minimum atomic E-state index is -4.26. The zero-order valence-corrected chi connectivity index (χ0v) is 11.0. The standard InChI is InChI=1S/C13H19F3N2O/c1-12(5-2-6-17-9-12)11(19)18-7-3-10(4-8-18)13(14,15)16/h3,17H,2,4-9H2,1H3. The molecule has 1 saturated heterocycles. The van der Waals surface area contributed by atoms with Gasteiger partial charge in [0.25, 0.3) is 0 Å². The molecule has 1 fully saturated rings. The van der Waals surface area contributed by atoms with Crippen LogP contribution in [0.2, 0.25) is 0 Å². The highest BCUT2D eigenvalue weighted by atomic mass is 19.4. The molecular weight excluding hydrogens is 257 g/mol. The molecule has 0 radical (unpaired) electrons. The summed E-state index contributed by atoms with van der Waals surface area (Å²) >= 11 is 0. The number of piperidine rings is 1. The van der Waals surface area contributed by atoms with Crippen LogP contribution < -0.4 is 5.32 Å². The third-order valence-electron chi connectivity index (χ3n) is 3.97. The monoisotopic (exact) mass is 276 g/mol. The van der Waals surface area contributed by atoms with Crippen LogP contribution in [0.25, 0.3) is 0 Å². The molecule has 0 aromatic rings. The summed E-state index contributed by atoms with van der Waals surface area (Å²) < 4.78 is 37.6. The lowest BCUT2D eigenvalue weighted by atomic mass is 9.81. The lowest BCUT2D eigenvalue weighted by Crippen LogP contribution is -2.51. The third kappa shape index (κ3) is 3.11. The number of halogens is 3. The van der Waals surface area contributed by atoms with Crippen LogP contribution in [0.1, 0.15) is 26.2 Å². The number of hydrogen-bond acceptors (Lipinski definition) is 2. The topological polar surface area (TPSA) is 32.3 Å². The lowest BCUT2D eigenvalue weighted by Gasteiger charge is -2.38. The number of carbonyl (C=O) groups is 1. The second-order valence-electron chi connectivity index (χ2n) is 5.57. The summed E-state index contributed by atoms with van der Waals surface area (Å²) in [5, 5.41) is 3.19. The van der Waals surface area contributed by atoms with Crippen molar-refractivity contribution >= 4 is 5.91 Å². The van der Waals surface area contributed by atoms with Crippen LogP contribution in [-0.2, 0) is 4.79 Å². The number of hydrogen-bond donors (Lipinski definition) is 1. The number of amides is 1. The molecule has 0 bridgehead atoms. The third-order valence-corrected chi connectivity index (χ3v) is 3.97. The number of rotatable bonds is 1. The first kappa shape index (κ1) is 14.4. The van der Waals surface area contributed by atoms with Crippen molar-refractivity contribution in [1.82, 2.24) is 10.2 Å². The molecule has 0 aromatic carbocycles. The van der Waals surface area contributed by atoms with Crippen molar-refractivity contribution in [3.63, 3.8) is 0 Å². The van der Waals surface area contributed by atoms with Gasteiger partial charge >= 0.3 is 6.18 Å². The molecule has 0 aromatic heterocycles. The Balaban J connectivity index is 2.01. The number of nitrogens with one attached hydrogen (secondary N) is 1. The molecule has 1 atom stereocenters. The van der Waals surface area contributed by atoms with E-state index in [2.05, 4.69) is 5.32 Å². The molecule has 19 heavy (non-hydrogen) atoms. The normalized spacial score (nSPS) is 29.1. The largest absolute Gasteiger partial charge is 0.412 e. The lowest BCUT2D eigenvalue weighted by molar-refractivity contribution is -0.143. The highest BCUT2D eigenvalue weighted by Crippen LogP contribution is 2.33. The highest BCUT2D eigenvalue weighted by Gasteiger charge is 2.40. The van der Waals surface area contributed by atoms with Crippen LogP contribution in [0.15, 0.2) is 11.6 Å². The van der Waals surface area contributed by atoms with Crippen molar-refractivity contribution in [2.75, 3.05) is 26.2 Å². The zero-order valence-electron chi connectivity index (χ0n) is 11.0. The van der Waals surface area contributed by atoms with Gasteiger partial charge in [-0.1, -0.05) is 6.08 Å². The average Bonchev–Trinajstić information content (AvgIpc) is 2.38. The van der Waals surface area contributed by atoms with Gasteiger partial charge in [-0.3, -0.25) is 4.79 Å². The molecule has 0 saturated carbocycles. The van der Waals surface area contributed by atoms with Gasteiger partial charge < -0.3 is 10.2 Å². The maximum absolute atomic E-state index is 12.5. The Kier molecular flexibility index (Phi) is 3.90. The number of carbonyl (C=O) groups excluding carboxylic acids is 1. The Morgan fingerprint density at radius 2 is 2.21 bits per heavy atom. The molecule has 0 aliphatic carbocycles. The van der Waals surface area contributed by atoms with Crippen molar-refractivity contribution in [2.45, 2.75) is 32.4 Å². The van der Waals surface area contributed by atoms with Gasteiger partial charge in [-0.25, -0.2) is 0 Å². The van der Waals surface area contributed by atoms with Crippen LogP contribution in [0.3, 0.4) is 0 Å². The van der Waals surface area contributed by atoms with E-state index in [0.29, 0.717) is 6.54 Å². The summed E-state index contributed by atoms with van der Waals surface area (Å²) in [5.41, 5.74) is -0.981. The zero-order chi connectivity index (χ0) is 14.1. The number of alkyl halides is 3. The van der Waals surface area contributed by atoms with E-state index in [1.807, 2.05) is 6.92 Å². The smallest absolute Gasteiger partial charge is 0.338 e. The fourth-order valence-corrected chi connectivity index (χ4v) is 2.73. The van der Waals surface area contributed by atoms with Gasteiger partial charge in [0.2, 0.25) is 5.91 Å². The second kappa shape index (κ2) is 5.15. The van der Waals surface area contributed by atoms with E-state index in [1.165, 1.54) is 0 Å². The Bertz CT molecular complexity index is 384. The maximum Gasteiger partial charge on any atom is 0.412 e. The van der Waals surface area contributed by atoms with Crippen LogP contribution in [0.5, 0.6) is 0 Å². The first-order chi connectivity index (χ1) is 8.83. The van der Waals surface area contributed by atoms with Gasteiger partial charge in [-0.15, -0.1) is 0 Å². The Hall–Kier alpha value is -1.04. The second-order valence-corrected chi connectivity index (χ2v) is 5.57. The van der Waals surface area contributed by atoms with Gasteiger partial charge in [0.15, 0.2) is 0 Å². The average molecular weight is 276 g/mol. The van der Waals surface area contributed by atoms with Crippen LogP contribution >= 0.6 is 0 Å². The van der Waals surface area contributed by atoms with Crippen LogP contribution in [0.4, 0.5) is 13.2 Å². The van der Waals surface area contributed by atoms with Gasteiger partial charge in [0, 0.05) is 25.2 Å². The highest BCUT2D eigenvalue weighted by molar-refractivity contribution is 5.83. The van der Waals surface area contributed by atoms with E-state index < -0.39 is 17.2 Å². The summed E-state index contributed by atoms with van der Waals surface area (Å²) in [7, 11) is 0. The van der Waals surface area contributed by atoms with Gasteiger partial charge in [0.05, 0.1) is 5.41 Å². The molecule has 1 N–H and O–H groups in total. The Morgan fingerprint density at radius 1 is 1.47 bits per heavy atom. The molecule has 1 unspecified atom stereocenters. The van der Waals surface area contributed by atoms with Crippen LogP contribution in [-0.4, -0.2) is 43.2 Å². The molecule has 2 heterocycles. The van der Waals surface area contributed by atoms with E-state index in [9.17, 15) is 18.0 Å². The summed E-state index contributed by atoms with van der Waals surface area (Å²) in [6.07, 6.45) is -1.49. The maximum atomic E-state index is 12.5. The predicted molar refractivity (Wildman–Crippen MR) is 65.5 cm³/mol. The van der Waals surface area contributed by atoms with E-state index in [1.54, 1.807) is 4.90 Å². The SMILES string of the molecule is CC1(C(=O)N2CC=C(C(F)(F)F)CC2)CCCNC1. The molecule has 1 amide bonds. The van der Waals surface area contributed by atoms with E-state index in [-0.39, 0.29) is 25.4 Å². The van der Waals surface area contributed by atoms with Gasteiger partial charge in [-0.05, 0) is 32.7 Å². The molecule has 2 aliphatic rings. The molecule has 0 spiro atoms. The number of nitrogens with zero attached hydrogens (tertiary/aromatic N) is 1. The fraction of sp³-hybridized carbons (Fsp3) is 0.769. The minimum Gasteiger partial charge on any atom is -0.338 e. The van der Waals surface area contributed by atoms with Gasteiger partial charge in [0.1, 0.15) is 0 Å². The van der Waals surface area contributed by atoms with Crippen molar-refractivity contribution in [3.8, 4) is 0 Å². The summed E-state index contributed by atoms with van der Waals surface area (Å²) in [5.74, 6) is -0.0304. The molecule has 2 rings (SSSR count). The van der Waals surface area contributed by atoms with Crippen molar-refractivity contribution in [3.05, 3.63) is 11.6 Å². The van der Waals surface area contributed by atoms with Crippen LogP contribution in [0, 0.1) is 5.41 Å². The molecule has 2 aliphatic heterocycles. The minimum absolute atomic E-state index is 0.0304. The molecule has 108 valence electrons. The first-order valence-electron chi connectivity index (χ1n) is 6.59. The van der Waals surface area contributed by atoms with Gasteiger partial charge in [-0.2, -0.15) is 13.2 Å². The Labute approximate surface area is 110 Å². The molecular formula is C13H19F3N2O. The summed E-state index contributed by atoms with van der Waals surface area (Å²) in [4.78, 5) is 14.0. The van der Waals surface area contributed by atoms with Crippen molar-refractivity contribution in [2.24, 2.45) is 5.41 Å². The molecule has 3 nitrogen and oxygen atoms in total. The van der Waals surface area contributed by atoms with Crippen molar-refractivity contribution in [1.29, 1.82) is 0 Å². The first-order valence-corrected chi connectivity index (χ1v) is 6.59. The predicted octanol–water partition coefficient (Wildman–Crippen LogP) is 2.10. The summed E-state index contributed by atoms with van der Waals surface area (Å²) in [6.45, 7) is 3.65. The van der Waals surface area contributed by atoms with E-state index >= 15 is 0 Å². The van der Waals surface area contributed by atoms with E-state index in [0.717, 1.165) is 25.5 Å².